The Bertz CT molecular complexity index is 407. The Morgan fingerprint density at radius 2 is 1.95 bits per heavy atom. The van der Waals surface area contributed by atoms with Crippen LogP contribution in [0.5, 0.6) is 0 Å². The molecule has 0 heterocycles. The van der Waals surface area contributed by atoms with Gasteiger partial charge < -0.3 is 10.5 Å². The van der Waals surface area contributed by atoms with Crippen LogP contribution in [0.1, 0.15) is 56.9 Å². The molecule has 1 atom stereocenters. The molecular formula is C16H23NO2. The van der Waals surface area contributed by atoms with Gasteiger partial charge >= 0.3 is 5.97 Å². The van der Waals surface area contributed by atoms with Crippen molar-refractivity contribution in [2.75, 3.05) is 5.73 Å². The van der Waals surface area contributed by atoms with E-state index in [1.54, 1.807) is 0 Å². The standard InChI is InChI=1S/C16H23NO2/c1-2-5-15(12-8-10-13(17)11-9-12)16(18)19-14-6-3-4-7-14/h8-11,14-15H,2-7,17H2,1H3. The summed E-state index contributed by atoms with van der Waals surface area (Å²) in [5.74, 6) is -0.218. The van der Waals surface area contributed by atoms with Crippen molar-refractivity contribution in [3.63, 3.8) is 0 Å². The molecule has 0 amide bonds. The van der Waals surface area contributed by atoms with Crippen molar-refractivity contribution < 1.29 is 9.53 Å². The lowest BCUT2D eigenvalue weighted by molar-refractivity contribution is -0.150. The minimum Gasteiger partial charge on any atom is -0.462 e. The van der Waals surface area contributed by atoms with Crippen LogP contribution in [0.2, 0.25) is 0 Å². The van der Waals surface area contributed by atoms with Crippen molar-refractivity contribution >= 4 is 11.7 Å². The highest BCUT2D eigenvalue weighted by atomic mass is 16.5. The number of benzene rings is 1. The lowest BCUT2D eigenvalue weighted by Crippen LogP contribution is -2.21. The average molecular weight is 261 g/mol. The van der Waals surface area contributed by atoms with Gasteiger partial charge in [-0.15, -0.1) is 0 Å². The van der Waals surface area contributed by atoms with Crippen LogP contribution in [-0.2, 0) is 9.53 Å². The van der Waals surface area contributed by atoms with E-state index in [1.807, 2.05) is 24.3 Å². The molecule has 0 aromatic heterocycles. The lowest BCUT2D eigenvalue weighted by Gasteiger charge is -2.19. The van der Waals surface area contributed by atoms with E-state index in [0.29, 0.717) is 0 Å². The molecule has 2 N–H and O–H groups in total. The molecule has 0 aliphatic heterocycles. The van der Waals surface area contributed by atoms with Gasteiger partial charge in [0.05, 0.1) is 5.92 Å². The van der Waals surface area contributed by atoms with E-state index in [2.05, 4.69) is 6.92 Å². The topological polar surface area (TPSA) is 52.3 Å². The molecule has 3 nitrogen and oxygen atoms in total. The van der Waals surface area contributed by atoms with Gasteiger partial charge in [0.25, 0.3) is 0 Å². The number of esters is 1. The summed E-state index contributed by atoms with van der Waals surface area (Å²) >= 11 is 0. The number of carbonyl (C=O) groups excluding carboxylic acids is 1. The summed E-state index contributed by atoms with van der Waals surface area (Å²) in [5, 5.41) is 0. The van der Waals surface area contributed by atoms with Crippen molar-refractivity contribution in [2.45, 2.75) is 57.5 Å². The van der Waals surface area contributed by atoms with Crippen molar-refractivity contribution in [2.24, 2.45) is 0 Å². The van der Waals surface area contributed by atoms with Gasteiger partial charge in [0.1, 0.15) is 6.10 Å². The van der Waals surface area contributed by atoms with Gasteiger partial charge in [-0.3, -0.25) is 4.79 Å². The predicted molar refractivity (Wildman–Crippen MR) is 76.9 cm³/mol. The molecule has 1 aliphatic carbocycles. The molecule has 3 heteroatoms. The zero-order chi connectivity index (χ0) is 13.7. The molecule has 1 aliphatic rings. The average Bonchev–Trinajstić information content (AvgIpc) is 2.90. The normalized spacial score (nSPS) is 17.3. The Hall–Kier alpha value is -1.51. The van der Waals surface area contributed by atoms with Gasteiger partial charge in [-0.05, 0) is 49.8 Å². The maximum atomic E-state index is 12.3. The molecule has 0 spiro atoms. The number of carbonyl (C=O) groups is 1. The number of nitrogens with two attached hydrogens (primary N) is 1. The maximum Gasteiger partial charge on any atom is 0.313 e. The largest absolute Gasteiger partial charge is 0.462 e. The second kappa shape index (κ2) is 6.60. The van der Waals surface area contributed by atoms with Crippen LogP contribution in [-0.4, -0.2) is 12.1 Å². The van der Waals surface area contributed by atoms with Crippen molar-refractivity contribution in [1.82, 2.24) is 0 Å². The first-order valence-electron chi connectivity index (χ1n) is 7.26. The Morgan fingerprint density at radius 1 is 1.32 bits per heavy atom. The van der Waals surface area contributed by atoms with Crippen LogP contribution in [0.25, 0.3) is 0 Å². The maximum absolute atomic E-state index is 12.3. The third kappa shape index (κ3) is 3.72. The van der Waals surface area contributed by atoms with E-state index in [-0.39, 0.29) is 18.0 Å². The number of rotatable bonds is 5. The molecule has 1 aromatic rings. The van der Waals surface area contributed by atoms with E-state index in [1.165, 1.54) is 12.8 Å². The summed E-state index contributed by atoms with van der Waals surface area (Å²) < 4.78 is 5.64. The van der Waals surface area contributed by atoms with Crippen LogP contribution in [0, 0.1) is 0 Å². The van der Waals surface area contributed by atoms with Crippen molar-refractivity contribution in [3.8, 4) is 0 Å². The minimum atomic E-state index is -0.147. The summed E-state index contributed by atoms with van der Waals surface area (Å²) in [5.41, 5.74) is 7.43. The van der Waals surface area contributed by atoms with Gasteiger partial charge in [-0.25, -0.2) is 0 Å². The molecule has 0 bridgehead atoms. The highest BCUT2D eigenvalue weighted by Crippen LogP contribution is 2.27. The molecule has 104 valence electrons. The van der Waals surface area contributed by atoms with Gasteiger partial charge in [-0.2, -0.15) is 0 Å². The summed E-state index contributed by atoms with van der Waals surface area (Å²) in [6.45, 7) is 2.09. The number of ether oxygens (including phenoxy) is 1. The second-order valence-corrected chi connectivity index (χ2v) is 5.35. The number of anilines is 1. The Morgan fingerprint density at radius 3 is 2.53 bits per heavy atom. The quantitative estimate of drug-likeness (QED) is 0.650. The van der Waals surface area contributed by atoms with E-state index in [4.69, 9.17) is 10.5 Å². The first kappa shape index (κ1) is 13.9. The number of nitrogen functional groups attached to an aromatic ring is 1. The third-order valence-corrected chi connectivity index (χ3v) is 3.79. The molecule has 1 fully saturated rings. The summed E-state index contributed by atoms with van der Waals surface area (Å²) in [7, 11) is 0. The first-order valence-corrected chi connectivity index (χ1v) is 7.26. The third-order valence-electron chi connectivity index (χ3n) is 3.79. The molecule has 1 unspecified atom stereocenters. The fraction of sp³-hybridized carbons (Fsp3) is 0.562. The second-order valence-electron chi connectivity index (χ2n) is 5.35. The fourth-order valence-corrected chi connectivity index (χ4v) is 2.69. The summed E-state index contributed by atoms with van der Waals surface area (Å²) in [6, 6.07) is 7.57. The van der Waals surface area contributed by atoms with Crippen LogP contribution in [0.4, 0.5) is 5.69 Å². The molecule has 19 heavy (non-hydrogen) atoms. The van der Waals surface area contributed by atoms with Crippen LogP contribution < -0.4 is 5.73 Å². The van der Waals surface area contributed by atoms with Crippen molar-refractivity contribution in [3.05, 3.63) is 29.8 Å². The van der Waals surface area contributed by atoms with Crippen LogP contribution in [0.15, 0.2) is 24.3 Å². The fourth-order valence-electron chi connectivity index (χ4n) is 2.69. The van der Waals surface area contributed by atoms with E-state index >= 15 is 0 Å². The first-order chi connectivity index (χ1) is 9.20. The lowest BCUT2D eigenvalue weighted by atomic mass is 9.94. The van der Waals surface area contributed by atoms with Gasteiger partial charge in [0.15, 0.2) is 0 Å². The molecule has 1 aromatic carbocycles. The van der Waals surface area contributed by atoms with Crippen LogP contribution >= 0.6 is 0 Å². The smallest absolute Gasteiger partial charge is 0.313 e. The summed E-state index contributed by atoms with van der Waals surface area (Å²) in [6.07, 6.45) is 6.33. The van der Waals surface area contributed by atoms with Gasteiger partial charge in [0, 0.05) is 5.69 Å². The van der Waals surface area contributed by atoms with Crippen LogP contribution in [0.3, 0.4) is 0 Å². The summed E-state index contributed by atoms with van der Waals surface area (Å²) in [4.78, 5) is 12.3. The highest BCUT2D eigenvalue weighted by molar-refractivity contribution is 5.78. The SMILES string of the molecule is CCCC(C(=O)OC1CCCC1)c1ccc(N)cc1. The molecule has 0 radical (unpaired) electrons. The molecule has 1 saturated carbocycles. The minimum absolute atomic E-state index is 0.0708. The highest BCUT2D eigenvalue weighted by Gasteiger charge is 2.26. The monoisotopic (exact) mass is 261 g/mol. The zero-order valence-electron chi connectivity index (χ0n) is 11.6. The number of hydrogen-bond donors (Lipinski definition) is 1. The zero-order valence-corrected chi connectivity index (χ0v) is 11.6. The van der Waals surface area contributed by atoms with Gasteiger partial charge in [0.2, 0.25) is 0 Å². The Kier molecular flexibility index (Phi) is 4.83. The van der Waals surface area contributed by atoms with E-state index in [0.717, 1.165) is 36.9 Å². The Labute approximate surface area is 115 Å². The van der Waals surface area contributed by atoms with E-state index < -0.39 is 0 Å². The Balaban J connectivity index is 2.05. The molecule has 0 saturated heterocycles. The van der Waals surface area contributed by atoms with E-state index in [9.17, 15) is 4.79 Å². The van der Waals surface area contributed by atoms with Crippen molar-refractivity contribution in [1.29, 1.82) is 0 Å². The molecular weight excluding hydrogens is 238 g/mol. The molecule has 2 rings (SSSR count). The van der Waals surface area contributed by atoms with Gasteiger partial charge in [-0.1, -0.05) is 25.5 Å². The number of hydrogen-bond acceptors (Lipinski definition) is 3. The predicted octanol–water partition coefficient (Wildman–Crippen LogP) is 3.64.